The third-order valence-corrected chi connectivity index (χ3v) is 5.18. The van der Waals surface area contributed by atoms with Crippen molar-refractivity contribution in [1.82, 2.24) is 15.2 Å². The zero-order chi connectivity index (χ0) is 18.7. The summed E-state index contributed by atoms with van der Waals surface area (Å²) < 4.78 is 7.02. The number of rotatable bonds is 11. The topological polar surface area (TPSA) is 67.7 Å². The monoisotopic (exact) mass is 362 g/mol. The second-order valence-corrected chi connectivity index (χ2v) is 7.16. The van der Waals surface area contributed by atoms with Crippen LogP contribution in [0.4, 0.5) is 0 Å². The van der Waals surface area contributed by atoms with Gasteiger partial charge in [-0.15, -0.1) is 0 Å². The van der Waals surface area contributed by atoms with E-state index >= 15 is 0 Å². The average molecular weight is 363 g/mol. The van der Waals surface area contributed by atoms with Crippen molar-refractivity contribution in [3.8, 4) is 0 Å². The van der Waals surface area contributed by atoms with Crippen LogP contribution < -0.4 is 16.2 Å². The maximum Gasteiger partial charge on any atom is 0.250 e. The smallest absolute Gasteiger partial charge is 0.250 e. The molecule has 1 saturated carbocycles. The molecule has 1 aromatic heterocycles. The van der Waals surface area contributed by atoms with Crippen LogP contribution >= 0.6 is 0 Å². The fourth-order valence-corrected chi connectivity index (χ4v) is 3.33. The van der Waals surface area contributed by atoms with E-state index in [2.05, 4.69) is 17.6 Å². The fourth-order valence-electron chi connectivity index (χ4n) is 3.33. The van der Waals surface area contributed by atoms with Crippen LogP contribution in [0.15, 0.2) is 34.2 Å². The first-order valence-electron chi connectivity index (χ1n) is 9.86. The molecule has 0 aromatic carbocycles. The van der Waals surface area contributed by atoms with E-state index in [1.807, 2.05) is 12.3 Å². The summed E-state index contributed by atoms with van der Waals surface area (Å²) in [6.07, 6.45) is 8.73. The summed E-state index contributed by atoms with van der Waals surface area (Å²) >= 11 is 0. The molecule has 1 fully saturated rings. The van der Waals surface area contributed by atoms with E-state index < -0.39 is 0 Å². The first-order valence-corrected chi connectivity index (χ1v) is 9.86. The van der Waals surface area contributed by atoms with E-state index in [0.717, 1.165) is 58.0 Å². The van der Waals surface area contributed by atoms with E-state index in [1.54, 1.807) is 23.8 Å². The lowest BCUT2D eigenvalue weighted by molar-refractivity contribution is 0.0778. The third-order valence-electron chi connectivity index (χ3n) is 5.18. The SMILES string of the molecule is CCNC(=NCC1(CCOC)CCC1)NCCCCn1ccccc1=O. The Labute approximate surface area is 157 Å². The Morgan fingerprint density at radius 1 is 1.31 bits per heavy atom. The zero-order valence-corrected chi connectivity index (χ0v) is 16.3. The highest BCUT2D eigenvalue weighted by atomic mass is 16.5. The second kappa shape index (κ2) is 11.0. The average Bonchev–Trinajstić information content (AvgIpc) is 2.61. The van der Waals surface area contributed by atoms with Gasteiger partial charge in [0.2, 0.25) is 5.56 Å². The fraction of sp³-hybridized carbons (Fsp3) is 0.700. The van der Waals surface area contributed by atoms with E-state index in [9.17, 15) is 4.79 Å². The van der Waals surface area contributed by atoms with Crippen LogP contribution in [0.5, 0.6) is 0 Å². The third kappa shape index (κ3) is 6.48. The Kier molecular flexibility index (Phi) is 8.68. The lowest BCUT2D eigenvalue weighted by atomic mass is 9.67. The molecule has 1 aromatic rings. The summed E-state index contributed by atoms with van der Waals surface area (Å²) in [4.78, 5) is 16.5. The van der Waals surface area contributed by atoms with Gasteiger partial charge in [-0.2, -0.15) is 0 Å². The molecule has 0 saturated heterocycles. The van der Waals surface area contributed by atoms with Gasteiger partial charge in [-0.25, -0.2) is 0 Å². The van der Waals surface area contributed by atoms with Gasteiger partial charge in [-0.05, 0) is 50.5 Å². The first-order chi connectivity index (χ1) is 12.7. The molecule has 0 unspecified atom stereocenters. The van der Waals surface area contributed by atoms with Crippen LogP contribution in [0.3, 0.4) is 0 Å². The number of hydrogen-bond acceptors (Lipinski definition) is 3. The first kappa shape index (κ1) is 20.5. The number of aromatic nitrogens is 1. The summed E-state index contributed by atoms with van der Waals surface area (Å²) in [7, 11) is 1.77. The van der Waals surface area contributed by atoms with Crippen LogP contribution in [0.25, 0.3) is 0 Å². The molecule has 26 heavy (non-hydrogen) atoms. The molecule has 2 rings (SSSR count). The molecule has 1 aliphatic rings. The Balaban J connectivity index is 1.73. The van der Waals surface area contributed by atoms with Crippen LogP contribution in [-0.4, -0.2) is 43.9 Å². The summed E-state index contributed by atoms with van der Waals surface area (Å²) in [6.45, 7) is 6.25. The number of guanidine groups is 1. The van der Waals surface area contributed by atoms with Crippen molar-refractivity contribution in [2.24, 2.45) is 10.4 Å². The summed E-state index contributed by atoms with van der Waals surface area (Å²) in [6, 6.07) is 5.28. The molecule has 146 valence electrons. The van der Waals surface area contributed by atoms with Crippen molar-refractivity contribution >= 4 is 5.96 Å². The molecule has 0 amide bonds. The van der Waals surface area contributed by atoms with Crippen LogP contribution in [0.2, 0.25) is 0 Å². The Morgan fingerprint density at radius 3 is 2.81 bits per heavy atom. The second-order valence-electron chi connectivity index (χ2n) is 7.16. The van der Waals surface area contributed by atoms with E-state index in [0.29, 0.717) is 5.41 Å². The van der Waals surface area contributed by atoms with Crippen LogP contribution in [-0.2, 0) is 11.3 Å². The quantitative estimate of drug-likeness (QED) is 0.360. The largest absolute Gasteiger partial charge is 0.385 e. The van der Waals surface area contributed by atoms with Crippen molar-refractivity contribution in [1.29, 1.82) is 0 Å². The highest BCUT2D eigenvalue weighted by molar-refractivity contribution is 5.79. The van der Waals surface area contributed by atoms with Crippen molar-refractivity contribution in [3.63, 3.8) is 0 Å². The maximum atomic E-state index is 11.7. The molecule has 1 heterocycles. The summed E-state index contributed by atoms with van der Waals surface area (Å²) in [5.74, 6) is 0.896. The minimum Gasteiger partial charge on any atom is -0.385 e. The molecule has 6 nitrogen and oxygen atoms in total. The van der Waals surface area contributed by atoms with Crippen molar-refractivity contribution in [2.75, 3.05) is 33.4 Å². The zero-order valence-electron chi connectivity index (χ0n) is 16.3. The molecule has 0 radical (unpaired) electrons. The highest BCUT2D eigenvalue weighted by Gasteiger charge is 2.36. The standard InChI is InChI=1S/C20H34N4O2/c1-3-21-19(23-17-20(10-8-11-20)12-16-26-2)22-13-5-7-15-24-14-6-4-9-18(24)25/h4,6,9,14H,3,5,7-8,10-13,15-17H2,1-2H3,(H2,21,22,23). The summed E-state index contributed by atoms with van der Waals surface area (Å²) in [5, 5.41) is 6.75. The number of aliphatic imine (C=N–C) groups is 1. The van der Waals surface area contributed by atoms with Crippen LogP contribution in [0.1, 0.15) is 45.4 Å². The molecule has 0 bridgehead atoms. The number of unbranched alkanes of at least 4 members (excludes halogenated alkanes) is 1. The van der Waals surface area contributed by atoms with Gasteiger partial charge in [0, 0.05) is 52.2 Å². The molecule has 1 aliphatic carbocycles. The van der Waals surface area contributed by atoms with Gasteiger partial charge >= 0.3 is 0 Å². The molecule has 0 spiro atoms. The van der Waals surface area contributed by atoms with Gasteiger partial charge in [0.1, 0.15) is 0 Å². The minimum absolute atomic E-state index is 0.0669. The number of hydrogen-bond donors (Lipinski definition) is 2. The Morgan fingerprint density at radius 2 is 2.15 bits per heavy atom. The van der Waals surface area contributed by atoms with Crippen molar-refractivity contribution in [3.05, 3.63) is 34.7 Å². The number of ether oxygens (including phenoxy) is 1. The van der Waals surface area contributed by atoms with Gasteiger partial charge in [-0.3, -0.25) is 9.79 Å². The summed E-state index contributed by atoms with van der Waals surface area (Å²) in [5.41, 5.74) is 0.407. The number of pyridine rings is 1. The van der Waals surface area contributed by atoms with E-state index in [4.69, 9.17) is 9.73 Å². The van der Waals surface area contributed by atoms with Gasteiger partial charge in [-0.1, -0.05) is 12.5 Å². The number of nitrogens with one attached hydrogen (secondary N) is 2. The van der Waals surface area contributed by atoms with Crippen LogP contribution in [0, 0.1) is 5.41 Å². The Hall–Kier alpha value is -1.82. The number of nitrogens with zero attached hydrogens (tertiary/aromatic N) is 2. The predicted molar refractivity (Wildman–Crippen MR) is 107 cm³/mol. The molecule has 0 atom stereocenters. The lowest BCUT2D eigenvalue weighted by Crippen LogP contribution is -2.40. The predicted octanol–water partition coefficient (Wildman–Crippen LogP) is 2.39. The lowest BCUT2D eigenvalue weighted by Gasteiger charge is -2.40. The van der Waals surface area contributed by atoms with Crippen molar-refractivity contribution < 1.29 is 4.74 Å². The normalized spacial score (nSPS) is 16.2. The Bertz CT molecular complexity index is 608. The molecule has 2 N–H and O–H groups in total. The number of aryl methyl sites for hydroxylation is 1. The van der Waals surface area contributed by atoms with Gasteiger partial charge in [0.25, 0.3) is 0 Å². The van der Waals surface area contributed by atoms with Gasteiger partial charge in [0.05, 0.1) is 0 Å². The van der Waals surface area contributed by atoms with Gasteiger partial charge < -0.3 is 19.9 Å². The molecular formula is C20H34N4O2. The maximum absolute atomic E-state index is 11.7. The van der Waals surface area contributed by atoms with Crippen molar-refractivity contribution in [2.45, 2.75) is 52.0 Å². The van der Waals surface area contributed by atoms with E-state index in [-0.39, 0.29) is 5.56 Å². The molecule has 0 aliphatic heterocycles. The molecular weight excluding hydrogens is 328 g/mol. The van der Waals surface area contributed by atoms with E-state index in [1.165, 1.54) is 19.3 Å². The van der Waals surface area contributed by atoms with Gasteiger partial charge in [0.15, 0.2) is 5.96 Å². The minimum atomic E-state index is 0.0669. The number of methoxy groups -OCH3 is 1. The molecule has 6 heteroatoms. The highest BCUT2D eigenvalue weighted by Crippen LogP contribution is 2.44.